The van der Waals surface area contributed by atoms with Crippen LogP contribution in [0.15, 0.2) is 12.2 Å². The summed E-state index contributed by atoms with van der Waals surface area (Å²) < 4.78 is 0. The first-order valence-electron chi connectivity index (χ1n) is 8.97. The van der Waals surface area contributed by atoms with Crippen molar-refractivity contribution in [3.8, 4) is 0 Å². The number of aliphatic hydroxyl groups is 1. The van der Waals surface area contributed by atoms with Gasteiger partial charge in [-0.1, -0.05) is 40.2 Å². The maximum atomic E-state index is 12.4. The average molecular weight is 319 g/mol. The molecule has 0 aromatic heterocycles. The van der Waals surface area contributed by atoms with Gasteiger partial charge in [0.25, 0.3) is 0 Å². The average Bonchev–Trinajstić information content (AvgIpc) is 2.81. The van der Waals surface area contributed by atoms with Crippen LogP contribution >= 0.6 is 0 Å². The summed E-state index contributed by atoms with van der Waals surface area (Å²) in [6.45, 7) is 8.82. The Morgan fingerprint density at radius 2 is 2.17 bits per heavy atom. The molecule has 3 rings (SSSR count). The second-order valence-corrected chi connectivity index (χ2v) is 8.10. The third-order valence-corrected chi connectivity index (χ3v) is 7.51. The summed E-state index contributed by atoms with van der Waals surface area (Å²) in [6.07, 6.45) is 6.68. The normalized spacial score (nSPS) is 45.3. The van der Waals surface area contributed by atoms with Crippen molar-refractivity contribution in [2.45, 2.75) is 59.5 Å². The second kappa shape index (κ2) is 5.17. The molecule has 1 amide bonds. The molecule has 0 aromatic carbocycles. The standard InChI is InChI=1S/C19H29NO3/c1-5-6-11-20-16(23)12(2)13-7-9-17(3)18(4)14(21)8-10-19(17,18)15(13)22/h8,10,12-13,15,22H,5-7,9,11H2,1-4H3,(H,20,23)/t12-,13-,15-,17+,18+,19?/m0/s1. The molecule has 4 heteroatoms. The fourth-order valence-corrected chi connectivity index (χ4v) is 5.65. The number of rotatable bonds is 5. The second-order valence-electron chi connectivity index (χ2n) is 8.10. The summed E-state index contributed by atoms with van der Waals surface area (Å²) in [5, 5.41) is 14.1. The van der Waals surface area contributed by atoms with Gasteiger partial charge in [0, 0.05) is 23.3 Å². The SMILES string of the molecule is CCCCNC(=O)[C@@H](C)[C@@H]1CC[C@@]2(C)C3(C=CC(=O)[C@@]32C)[C@H]1O. The minimum Gasteiger partial charge on any atom is -0.392 e. The van der Waals surface area contributed by atoms with Crippen molar-refractivity contribution in [3.05, 3.63) is 12.2 Å². The quantitative estimate of drug-likeness (QED) is 0.765. The third-order valence-electron chi connectivity index (χ3n) is 7.51. The number of carbonyl (C=O) groups excluding carboxylic acids is 2. The van der Waals surface area contributed by atoms with E-state index >= 15 is 0 Å². The van der Waals surface area contributed by atoms with Crippen LogP contribution < -0.4 is 5.32 Å². The number of carbonyl (C=O) groups is 2. The maximum absolute atomic E-state index is 12.4. The lowest BCUT2D eigenvalue weighted by Crippen LogP contribution is -2.45. The minimum absolute atomic E-state index is 0.0261. The summed E-state index contributed by atoms with van der Waals surface area (Å²) in [7, 11) is 0. The molecular formula is C19H29NO3. The molecule has 0 aromatic rings. The monoisotopic (exact) mass is 319 g/mol. The highest BCUT2D eigenvalue weighted by atomic mass is 16.3. The molecule has 2 N–H and O–H groups in total. The summed E-state index contributed by atoms with van der Waals surface area (Å²) >= 11 is 0. The summed E-state index contributed by atoms with van der Waals surface area (Å²) in [5.41, 5.74) is -1.09. The Balaban J connectivity index is 1.77. The number of hydrogen-bond acceptors (Lipinski definition) is 3. The molecule has 1 spiro atoms. The number of aliphatic hydroxyl groups excluding tert-OH is 1. The molecule has 3 aliphatic carbocycles. The molecule has 128 valence electrons. The zero-order chi connectivity index (χ0) is 17.0. The van der Waals surface area contributed by atoms with Crippen molar-refractivity contribution in [2.24, 2.45) is 28.1 Å². The van der Waals surface area contributed by atoms with Crippen LogP contribution in [0.5, 0.6) is 0 Å². The van der Waals surface area contributed by atoms with Gasteiger partial charge in [-0.05, 0) is 36.7 Å². The van der Waals surface area contributed by atoms with Crippen LogP contribution in [0.1, 0.15) is 53.4 Å². The number of unbranched alkanes of at least 4 members (excludes halogenated alkanes) is 1. The van der Waals surface area contributed by atoms with Crippen molar-refractivity contribution < 1.29 is 14.7 Å². The van der Waals surface area contributed by atoms with Gasteiger partial charge in [0.1, 0.15) is 0 Å². The fourth-order valence-electron chi connectivity index (χ4n) is 5.65. The lowest BCUT2D eigenvalue weighted by Gasteiger charge is -2.39. The Morgan fingerprint density at radius 3 is 2.83 bits per heavy atom. The molecule has 1 unspecified atom stereocenters. The van der Waals surface area contributed by atoms with E-state index in [0.29, 0.717) is 6.54 Å². The Bertz CT molecular complexity index is 571. The highest BCUT2D eigenvalue weighted by Gasteiger charge is 2.88. The van der Waals surface area contributed by atoms with Gasteiger partial charge < -0.3 is 10.4 Å². The van der Waals surface area contributed by atoms with Crippen LogP contribution in [0, 0.1) is 28.1 Å². The van der Waals surface area contributed by atoms with Gasteiger partial charge in [0.05, 0.1) is 6.10 Å². The zero-order valence-corrected chi connectivity index (χ0v) is 14.7. The van der Waals surface area contributed by atoms with E-state index in [1.807, 2.05) is 19.9 Å². The summed E-state index contributed by atoms with van der Waals surface area (Å²) in [6, 6.07) is 0. The van der Waals surface area contributed by atoms with Crippen LogP contribution in [0.3, 0.4) is 0 Å². The Hall–Kier alpha value is -1.16. The number of amides is 1. The van der Waals surface area contributed by atoms with Crippen LogP contribution in [0.25, 0.3) is 0 Å². The highest BCUT2D eigenvalue weighted by Crippen LogP contribution is 2.86. The molecule has 0 bridgehead atoms. The van der Waals surface area contributed by atoms with Crippen LogP contribution in [0.2, 0.25) is 0 Å². The molecule has 0 aliphatic heterocycles. The molecule has 2 saturated carbocycles. The maximum Gasteiger partial charge on any atom is 0.223 e. The van der Waals surface area contributed by atoms with E-state index in [0.717, 1.165) is 25.7 Å². The lowest BCUT2D eigenvalue weighted by molar-refractivity contribution is -0.130. The van der Waals surface area contributed by atoms with Gasteiger partial charge in [0.15, 0.2) is 5.78 Å². The van der Waals surface area contributed by atoms with E-state index in [2.05, 4.69) is 19.2 Å². The molecule has 2 fully saturated rings. The van der Waals surface area contributed by atoms with Crippen molar-refractivity contribution >= 4 is 11.7 Å². The molecule has 23 heavy (non-hydrogen) atoms. The molecule has 4 nitrogen and oxygen atoms in total. The van der Waals surface area contributed by atoms with Crippen molar-refractivity contribution in [2.75, 3.05) is 6.54 Å². The smallest absolute Gasteiger partial charge is 0.223 e. The molecule has 6 atom stereocenters. The molecule has 3 aliphatic rings. The van der Waals surface area contributed by atoms with E-state index in [9.17, 15) is 14.7 Å². The van der Waals surface area contributed by atoms with Gasteiger partial charge in [-0.25, -0.2) is 0 Å². The van der Waals surface area contributed by atoms with Gasteiger partial charge in [-0.2, -0.15) is 0 Å². The lowest BCUT2D eigenvalue weighted by atomic mass is 9.68. The molecule has 0 saturated heterocycles. The topological polar surface area (TPSA) is 66.4 Å². The number of nitrogens with one attached hydrogen (secondary N) is 1. The first-order chi connectivity index (χ1) is 10.8. The summed E-state index contributed by atoms with van der Waals surface area (Å²) in [5.74, 6) is -0.144. The number of allylic oxidation sites excluding steroid dienone is 1. The first-order valence-corrected chi connectivity index (χ1v) is 8.97. The van der Waals surface area contributed by atoms with Crippen molar-refractivity contribution in [1.29, 1.82) is 0 Å². The van der Waals surface area contributed by atoms with Gasteiger partial charge in [-0.3, -0.25) is 9.59 Å². The molecule has 0 heterocycles. The van der Waals surface area contributed by atoms with Crippen LogP contribution in [0.4, 0.5) is 0 Å². The fraction of sp³-hybridized carbons (Fsp3) is 0.789. The van der Waals surface area contributed by atoms with Gasteiger partial charge in [-0.15, -0.1) is 0 Å². The largest absolute Gasteiger partial charge is 0.392 e. The predicted octanol–water partition coefficient (Wildman–Crippen LogP) is 2.46. The van der Waals surface area contributed by atoms with Crippen LogP contribution in [-0.2, 0) is 9.59 Å². The number of hydrogen-bond donors (Lipinski definition) is 2. The molecular weight excluding hydrogens is 290 g/mol. The predicted molar refractivity (Wildman–Crippen MR) is 88.6 cm³/mol. The Morgan fingerprint density at radius 1 is 1.48 bits per heavy atom. The minimum atomic E-state index is -0.624. The van der Waals surface area contributed by atoms with E-state index in [4.69, 9.17) is 0 Å². The van der Waals surface area contributed by atoms with Crippen molar-refractivity contribution in [3.63, 3.8) is 0 Å². The first kappa shape index (κ1) is 16.7. The number of fused-ring (bicyclic) bond motifs is 1. The summed E-state index contributed by atoms with van der Waals surface area (Å²) in [4.78, 5) is 24.7. The zero-order valence-electron chi connectivity index (χ0n) is 14.7. The number of ketones is 1. The molecule has 0 radical (unpaired) electrons. The van der Waals surface area contributed by atoms with Crippen molar-refractivity contribution in [1.82, 2.24) is 5.32 Å². The van der Waals surface area contributed by atoms with E-state index in [-0.39, 0.29) is 28.9 Å². The third kappa shape index (κ3) is 1.76. The highest BCUT2D eigenvalue weighted by molar-refractivity contribution is 6.03. The van der Waals surface area contributed by atoms with E-state index in [1.165, 1.54) is 0 Å². The Kier molecular flexibility index (Phi) is 3.75. The van der Waals surface area contributed by atoms with Gasteiger partial charge >= 0.3 is 0 Å². The van der Waals surface area contributed by atoms with E-state index in [1.54, 1.807) is 6.08 Å². The van der Waals surface area contributed by atoms with E-state index < -0.39 is 16.9 Å². The van der Waals surface area contributed by atoms with Crippen LogP contribution in [-0.4, -0.2) is 29.4 Å². The Labute approximate surface area is 138 Å². The van der Waals surface area contributed by atoms with Gasteiger partial charge in [0.2, 0.25) is 5.91 Å².